The first-order chi connectivity index (χ1) is 17.4. The van der Waals surface area contributed by atoms with E-state index in [1.165, 1.54) is 20.1 Å². The van der Waals surface area contributed by atoms with Crippen molar-refractivity contribution in [3.05, 3.63) is 71.5 Å². The predicted molar refractivity (Wildman–Crippen MR) is 134 cm³/mol. The van der Waals surface area contributed by atoms with Gasteiger partial charge in [-0.1, -0.05) is 18.2 Å². The molecule has 9 heteroatoms. The Morgan fingerprint density at radius 3 is 2.33 bits per heavy atom. The van der Waals surface area contributed by atoms with Crippen LogP contribution in [0.25, 0.3) is 11.4 Å². The molecule has 0 saturated carbocycles. The van der Waals surface area contributed by atoms with Crippen LogP contribution < -0.4 is 4.74 Å². The minimum absolute atomic E-state index is 0.156. The Balaban J connectivity index is 1.71. The number of likely N-dealkylation sites (N-methyl/N-ethyl adjacent to an activating group) is 1. The summed E-state index contributed by atoms with van der Waals surface area (Å²) in [5.41, 5.74) is 1.14. The zero-order valence-corrected chi connectivity index (χ0v) is 20.8. The van der Waals surface area contributed by atoms with Gasteiger partial charge < -0.3 is 18.9 Å². The van der Waals surface area contributed by atoms with Crippen molar-refractivity contribution in [1.82, 2.24) is 19.4 Å². The number of hydrogen-bond donors (Lipinski definition) is 0. The van der Waals surface area contributed by atoms with Gasteiger partial charge in [0.1, 0.15) is 17.3 Å². The van der Waals surface area contributed by atoms with E-state index in [4.69, 9.17) is 9.47 Å². The monoisotopic (exact) mass is 490 g/mol. The Morgan fingerprint density at radius 2 is 1.67 bits per heavy atom. The molecule has 9 nitrogen and oxygen atoms in total. The molecule has 1 aliphatic heterocycles. The molecular weight excluding hydrogens is 460 g/mol. The third kappa shape index (κ3) is 5.87. The molecule has 2 aromatic carbocycles. The van der Waals surface area contributed by atoms with E-state index >= 15 is 0 Å². The van der Waals surface area contributed by atoms with Crippen LogP contribution in [-0.4, -0.2) is 84.0 Å². The molecule has 36 heavy (non-hydrogen) atoms. The maximum absolute atomic E-state index is 13.3. The number of piperazine rings is 1. The second-order valence-corrected chi connectivity index (χ2v) is 8.80. The highest BCUT2D eigenvalue weighted by molar-refractivity contribution is 6.01. The topological polar surface area (TPSA) is 94.0 Å². The Morgan fingerprint density at radius 1 is 0.944 bits per heavy atom. The van der Waals surface area contributed by atoms with Gasteiger partial charge in [-0.25, -0.2) is 14.6 Å². The van der Waals surface area contributed by atoms with E-state index < -0.39 is 11.9 Å². The highest BCUT2D eigenvalue weighted by atomic mass is 16.5. The van der Waals surface area contributed by atoms with Crippen LogP contribution in [-0.2, 0) is 11.3 Å². The predicted octanol–water partition coefficient (Wildman–Crippen LogP) is 3.01. The van der Waals surface area contributed by atoms with Gasteiger partial charge in [-0.3, -0.25) is 9.69 Å². The molecule has 1 aromatic heterocycles. The van der Waals surface area contributed by atoms with Crippen LogP contribution in [0.3, 0.4) is 0 Å². The molecule has 3 aromatic rings. The molecule has 0 N–H and O–H groups in total. The molecule has 1 aliphatic rings. The van der Waals surface area contributed by atoms with E-state index in [2.05, 4.69) is 21.8 Å². The fourth-order valence-electron chi connectivity index (χ4n) is 4.10. The standard InChI is InChI=1S/C27H30N4O5/c1-19(32)24-18-31(16-15-30-13-11-29(2)12-14-30)25(28-24)22-10-9-20(26(33)35-3)17-23(22)27(34)36-21-7-5-4-6-8-21/h4-10,17-18H,11-16H2,1-3H3. The van der Waals surface area contributed by atoms with Gasteiger partial charge in [-0.05, 0) is 37.4 Å². The van der Waals surface area contributed by atoms with Crippen LogP contribution in [0.1, 0.15) is 38.1 Å². The minimum atomic E-state index is -0.639. The fourth-order valence-corrected chi connectivity index (χ4v) is 4.10. The molecule has 2 heterocycles. The van der Waals surface area contributed by atoms with Crippen molar-refractivity contribution in [1.29, 1.82) is 0 Å². The van der Waals surface area contributed by atoms with Crippen molar-refractivity contribution < 1.29 is 23.9 Å². The molecule has 4 rings (SSSR count). The van der Waals surface area contributed by atoms with Gasteiger partial charge in [0.05, 0.1) is 18.2 Å². The molecule has 0 spiro atoms. The summed E-state index contributed by atoms with van der Waals surface area (Å²) in [6.45, 7) is 6.75. The summed E-state index contributed by atoms with van der Waals surface area (Å²) in [5.74, 6) is -0.544. The first-order valence-electron chi connectivity index (χ1n) is 11.8. The molecule has 1 saturated heterocycles. The van der Waals surface area contributed by atoms with E-state index in [1.807, 2.05) is 10.6 Å². The number of aromatic nitrogens is 2. The second kappa shape index (κ2) is 11.3. The van der Waals surface area contributed by atoms with Gasteiger partial charge in [0.2, 0.25) is 0 Å². The van der Waals surface area contributed by atoms with Gasteiger partial charge in [-0.15, -0.1) is 0 Å². The summed E-state index contributed by atoms with van der Waals surface area (Å²) in [7, 11) is 3.39. The zero-order chi connectivity index (χ0) is 25.7. The zero-order valence-electron chi connectivity index (χ0n) is 20.8. The van der Waals surface area contributed by atoms with Crippen LogP contribution in [0.5, 0.6) is 5.75 Å². The third-order valence-electron chi connectivity index (χ3n) is 6.25. The number of nitrogens with zero attached hydrogens (tertiary/aromatic N) is 4. The van der Waals surface area contributed by atoms with Crippen molar-refractivity contribution in [2.24, 2.45) is 0 Å². The Bertz CT molecular complexity index is 1250. The summed E-state index contributed by atoms with van der Waals surface area (Å²) in [6.07, 6.45) is 1.72. The van der Waals surface area contributed by atoms with Crippen molar-refractivity contribution in [2.45, 2.75) is 13.5 Å². The molecule has 1 fully saturated rings. The lowest BCUT2D eigenvalue weighted by atomic mass is 10.0. The van der Waals surface area contributed by atoms with Crippen molar-refractivity contribution >= 4 is 17.7 Å². The average Bonchev–Trinajstić information content (AvgIpc) is 3.32. The summed E-state index contributed by atoms with van der Waals surface area (Å²) in [6, 6.07) is 13.4. The van der Waals surface area contributed by atoms with Gasteiger partial charge in [0.15, 0.2) is 5.78 Å². The molecule has 0 unspecified atom stereocenters. The van der Waals surface area contributed by atoms with Crippen molar-refractivity contribution in [3.8, 4) is 17.1 Å². The number of carbonyl (C=O) groups excluding carboxylic acids is 3. The van der Waals surface area contributed by atoms with Gasteiger partial charge in [-0.2, -0.15) is 0 Å². The first-order valence-corrected chi connectivity index (χ1v) is 11.8. The second-order valence-electron chi connectivity index (χ2n) is 8.80. The van der Waals surface area contributed by atoms with E-state index in [0.29, 0.717) is 29.4 Å². The minimum Gasteiger partial charge on any atom is -0.465 e. The quantitative estimate of drug-likeness (QED) is 0.270. The Labute approximate surface area is 210 Å². The van der Waals surface area contributed by atoms with Crippen molar-refractivity contribution in [3.63, 3.8) is 0 Å². The third-order valence-corrected chi connectivity index (χ3v) is 6.25. The lowest BCUT2D eigenvalue weighted by Gasteiger charge is -2.32. The molecule has 0 amide bonds. The van der Waals surface area contributed by atoms with Gasteiger partial charge in [0, 0.05) is 58.0 Å². The number of hydrogen-bond acceptors (Lipinski definition) is 8. The number of Topliss-reactive ketones (excluding diaryl/α,β-unsaturated/α-hetero) is 1. The summed E-state index contributed by atoms with van der Waals surface area (Å²) >= 11 is 0. The van der Waals surface area contributed by atoms with Crippen LogP contribution in [0.15, 0.2) is 54.7 Å². The highest BCUT2D eigenvalue weighted by Gasteiger charge is 2.23. The number of para-hydroxylation sites is 1. The summed E-state index contributed by atoms with van der Waals surface area (Å²) in [4.78, 5) is 46.9. The molecule has 0 aliphatic carbocycles. The number of methoxy groups -OCH3 is 1. The summed E-state index contributed by atoms with van der Waals surface area (Å²) in [5, 5.41) is 0. The smallest absolute Gasteiger partial charge is 0.344 e. The number of imidazole rings is 1. The van der Waals surface area contributed by atoms with Crippen LogP contribution in [0.2, 0.25) is 0 Å². The average molecular weight is 491 g/mol. The van der Waals surface area contributed by atoms with Crippen LogP contribution in [0, 0.1) is 0 Å². The van der Waals surface area contributed by atoms with E-state index in [-0.39, 0.29) is 16.9 Å². The summed E-state index contributed by atoms with van der Waals surface area (Å²) < 4.78 is 12.3. The number of ether oxygens (including phenoxy) is 2. The number of carbonyl (C=O) groups is 3. The van der Waals surface area contributed by atoms with E-state index in [9.17, 15) is 14.4 Å². The van der Waals surface area contributed by atoms with Gasteiger partial charge >= 0.3 is 11.9 Å². The largest absolute Gasteiger partial charge is 0.465 e. The van der Waals surface area contributed by atoms with Gasteiger partial charge in [0.25, 0.3) is 0 Å². The lowest BCUT2D eigenvalue weighted by Crippen LogP contribution is -2.45. The fraction of sp³-hybridized carbons (Fsp3) is 0.333. The number of benzene rings is 2. The van der Waals surface area contributed by atoms with Crippen molar-refractivity contribution in [2.75, 3.05) is 46.9 Å². The highest BCUT2D eigenvalue weighted by Crippen LogP contribution is 2.27. The van der Waals surface area contributed by atoms with Crippen LogP contribution in [0.4, 0.5) is 0 Å². The maximum atomic E-state index is 13.3. The molecule has 188 valence electrons. The van der Waals surface area contributed by atoms with E-state index in [0.717, 1.165) is 32.7 Å². The SMILES string of the molecule is COC(=O)c1ccc(-c2nc(C(C)=O)cn2CCN2CCN(C)CC2)c(C(=O)Oc2ccccc2)c1. The first kappa shape index (κ1) is 25.3. The Hall–Kier alpha value is -3.82. The van der Waals surface area contributed by atoms with Crippen LogP contribution >= 0.6 is 0 Å². The molecule has 0 bridgehead atoms. The number of esters is 2. The lowest BCUT2D eigenvalue weighted by molar-refractivity contribution is 0.0600. The molecule has 0 atom stereocenters. The normalized spacial score (nSPS) is 14.4. The maximum Gasteiger partial charge on any atom is 0.344 e. The molecular formula is C27H30N4O5. The van der Waals surface area contributed by atoms with E-state index in [1.54, 1.807) is 42.6 Å². The number of ketones is 1. The Kier molecular flexibility index (Phi) is 7.92. The number of rotatable bonds is 8. The molecule has 0 radical (unpaired) electrons.